The summed E-state index contributed by atoms with van der Waals surface area (Å²) in [7, 11) is 0. The van der Waals surface area contributed by atoms with Crippen LogP contribution >= 0.6 is 0 Å². The zero-order valence-electron chi connectivity index (χ0n) is 13.1. The summed E-state index contributed by atoms with van der Waals surface area (Å²) in [6.45, 7) is 12.2. The Morgan fingerprint density at radius 3 is 2.11 bits per heavy atom. The van der Waals surface area contributed by atoms with Crippen molar-refractivity contribution in [2.45, 2.75) is 60.8 Å². The molecule has 1 rings (SSSR count). The second kappa shape index (κ2) is 6.23. The first-order chi connectivity index (χ1) is 8.84. The van der Waals surface area contributed by atoms with Crippen molar-refractivity contribution in [1.29, 1.82) is 0 Å². The summed E-state index contributed by atoms with van der Waals surface area (Å²) in [5.74, 6) is 0.623. The third-order valence-electron chi connectivity index (χ3n) is 3.87. The van der Waals surface area contributed by atoms with Crippen molar-refractivity contribution < 1.29 is 9.53 Å². The SMILES string of the molecule is CCCC(C)(CC)C(=O)Oc1c(C)cc(C)cc1C. The topological polar surface area (TPSA) is 26.3 Å². The van der Waals surface area contributed by atoms with Crippen molar-refractivity contribution in [2.24, 2.45) is 5.41 Å². The molecule has 0 heterocycles. The van der Waals surface area contributed by atoms with Gasteiger partial charge in [0.2, 0.25) is 0 Å². The fourth-order valence-corrected chi connectivity index (χ4v) is 2.52. The van der Waals surface area contributed by atoms with Crippen molar-refractivity contribution >= 4 is 5.97 Å². The third kappa shape index (κ3) is 3.59. The first-order valence-corrected chi connectivity index (χ1v) is 7.14. The number of hydrogen-bond donors (Lipinski definition) is 0. The Morgan fingerprint density at radius 1 is 1.16 bits per heavy atom. The Labute approximate surface area is 117 Å². The van der Waals surface area contributed by atoms with Crippen LogP contribution in [0.1, 0.15) is 56.7 Å². The molecular weight excluding hydrogens is 236 g/mol. The van der Waals surface area contributed by atoms with Crippen LogP contribution in [-0.4, -0.2) is 5.97 Å². The van der Waals surface area contributed by atoms with Gasteiger partial charge >= 0.3 is 5.97 Å². The summed E-state index contributed by atoms with van der Waals surface area (Å²) >= 11 is 0. The van der Waals surface area contributed by atoms with Crippen LogP contribution in [0, 0.1) is 26.2 Å². The highest BCUT2D eigenvalue weighted by molar-refractivity contribution is 5.79. The number of ether oxygens (including phenoxy) is 1. The van der Waals surface area contributed by atoms with Gasteiger partial charge in [-0.15, -0.1) is 0 Å². The number of esters is 1. The molecule has 0 fully saturated rings. The summed E-state index contributed by atoms with van der Waals surface area (Å²) < 4.78 is 5.70. The molecule has 0 aliphatic carbocycles. The van der Waals surface area contributed by atoms with E-state index in [1.54, 1.807) is 0 Å². The van der Waals surface area contributed by atoms with Gasteiger partial charge in [0.1, 0.15) is 5.75 Å². The molecule has 0 aliphatic rings. The molecule has 0 saturated carbocycles. The van der Waals surface area contributed by atoms with Gasteiger partial charge in [0.05, 0.1) is 5.41 Å². The lowest BCUT2D eigenvalue weighted by atomic mass is 9.83. The lowest BCUT2D eigenvalue weighted by Gasteiger charge is -2.26. The van der Waals surface area contributed by atoms with Crippen LogP contribution in [0.25, 0.3) is 0 Å². The molecule has 2 nitrogen and oxygen atoms in total. The predicted molar refractivity (Wildman–Crippen MR) is 79.6 cm³/mol. The second-order valence-corrected chi connectivity index (χ2v) is 5.78. The Kier molecular flexibility index (Phi) is 5.16. The summed E-state index contributed by atoms with van der Waals surface area (Å²) in [4.78, 5) is 12.4. The van der Waals surface area contributed by atoms with Crippen molar-refractivity contribution in [1.82, 2.24) is 0 Å². The zero-order chi connectivity index (χ0) is 14.6. The molecule has 1 aromatic carbocycles. The summed E-state index contributed by atoms with van der Waals surface area (Å²) in [6.07, 6.45) is 2.67. The van der Waals surface area contributed by atoms with Crippen LogP contribution < -0.4 is 4.74 Å². The maximum Gasteiger partial charge on any atom is 0.317 e. The van der Waals surface area contributed by atoms with Gasteiger partial charge in [-0.1, -0.05) is 38.0 Å². The molecule has 106 valence electrons. The maximum atomic E-state index is 12.4. The Balaban J connectivity index is 3.00. The fourth-order valence-electron chi connectivity index (χ4n) is 2.52. The van der Waals surface area contributed by atoms with Gasteiger partial charge in [0.25, 0.3) is 0 Å². The number of carbonyl (C=O) groups excluding carboxylic acids is 1. The highest BCUT2D eigenvalue weighted by Crippen LogP contribution is 2.32. The van der Waals surface area contributed by atoms with Crippen molar-refractivity contribution in [2.75, 3.05) is 0 Å². The van der Waals surface area contributed by atoms with E-state index in [9.17, 15) is 4.79 Å². The van der Waals surface area contributed by atoms with Gasteiger partial charge < -0.3 is 4.74 Å². The Morgan fingerprint density at radius 2 is 1.68 bits per heavy atom. The van der Waals surface area contributed by atoms with E-state index in [0.29, 0.717) is 0 Å². The second-order valence-electron chi connectivity index (χ2n) is 5.78. The van der Waals surface area contributed by atoms with E-state index in [1.807, 2.05) is 27.7 Å². The van der Waals surface area contributed by atoms with Gasteiger partial charge in [-0.3, -0.25) is 4.79 Å². The average molecular weight is 262 g/mol. The van der Waals surface area contributed by atoms with Crippen LogP contribution in [0.4, 0.5) is 0 Å². The van der Waals surface area contributed by atoms with Crippen LogP contribution in [-0.2, 0) is 4.79 Å². The highest BCUT2D eigenvalue weighted by Gasteiger charge is 2.32. The smallest absolute Gasteiger partial charge is 0.317 e. The highest BCUT2D eigenvalue weighted by atomic mass is 16.5. The average Bonchev–Trinajstić information content (AvgIpc) is 2.33. The first kappa shape index (κ1) is 15.7. The number of aryl methyl sites for hydroxylation is 3. The van der Waals surface area contributed by atoms with Gasteiger partial charge in [-0.25, -0.2) is 0 Å². The molecule has 1 unspecified atom stereocenters. The van der Waals surface area contributed by atoms with Gasteiger partial charge in [0.15, 0.2) is 0 Å². The molecule has 1 aromatic rings. The van der Waals surface area contributed by atoms with E-state index in [4.69, 9.17) is 4.74 Å². The number of benzene rings is 1. The van der Waals surface area contributed by atoms with Crippen molar-refractivity contribution in [3.05, 3.63) is 28.8 Å². The van der Waals surface area contributed by atoms with Gasteiger partial charge in [-0.05, 0) is 51.7 Å². The lowest BCUT2D eigenvalue weighted by molar-refractivity contribution is -0.145. The lowest BCUT2D eigenvalue weighted by Crippen LogP contribution is -2.31. The molecule has 0 bridgehead atoms. The summed E-state index contributed by atoms with van der Waals surface area (Å²) in [5.41, 5.74) is 2.88. The largest absolute Gasteiger partial charge is 0.426 e. The minimum absolute atomic E-state index is 0.105. The normalized spacial score (nSPS) is 14.0. The van der Waals surface area contributed by atoms with Gasteiger partial charge in [0, 0.05) is 0 Å². The molecule has 0 saturated heterocycles. The molecule has 0 aliphatic heterocycles. The predicted octanol–water partition coefficient (Wildman–Crippen LogP) is 4.73. The van der Waals surface area contributed by atoms with Crippen LogP contribution in [0.15, 0.2) is 12.1 Å². The van der Waals surface area contributed by atoms with Crippen LogP contribution in [0.3, 0.4) is 0 Å². The zero-order valence-corrected chi connectivity index (χ0v) is 13.1. The van der Waals surface area contributed by atoms with E-state index in [0.717, 1.165) is 36.1 Å². The van der Waals surface area contributed by atoms with Crippen LogP contribution in [0.5, 0.6) is 5.75 Å². The van der Waals surface area contributed by atoms with E-state index in [-0.39, 0.29) is 11.4 Å². The fraction of sp³-hybridized carbons (Fsp3) is 0.588. The standard InChI is InChI=1S/C17H26O2/c1-7-9-17(6,8-2)16(18)19-15-13(4)10-12(3)11-14(15)5/h10-11H,7-9H2,1-6H3. The summed E-state index contributed by atoms with van der Waals surface area (Å²) in [5, 5.41) is 0. The van der Waals surface area contributed by atoms with E-state index in [2.05, 4.69) is 26.0 Å². The molecule has 19 heavy (non-hydrogen) atoms. The molecule has 0 amide bonds. The van der Waals surface area contributed by atoms with Crippen molar-refractivity contribution in [3.8, 4) is 5.75 Å². The quantitative estimate of drug-likeness (QED) is 0.566. The summed E-state index contributed by atoms with van der Waals surface area (Å²) in [6, 6.07) is 4.11. The molecule has 1 atom stereocenters. The monoisotopic (exact) mass is 262 g/mol. The van der Waals surface area contributed by atoms with E-state index < -0.39 is 0 Å². The Bertz CT molecular complexity index is 439. The minimum atomic E-state index is -0.376. The van der Waals surface area contributed by atoms with Gasteiger partial charge in [-0.2, -0.15) is 0 Å². The third-order valence-corrected chi connectivity index (χ3v) is 3.87. The van der Waals surface area contributed by atoms with E-state index >= 15 is 0 Å². The molecular formula is C17H26O2. The molecule has 0 N–H and O–H groups in total. The molecule has 0 aromatic heterocycles. The van der Waals surface area contributed by atoms with Crippen molar-refractivity contribution in [3.63, 3.8) is 0 Å². The number of hydrogen-bond acceptors (Lipinski definition) is 2. The maximum absolute atomic E-state index is 12.4. The number of carbonyl (C=O) groups is 1. The molecule has 2 heteroatoms. The Hall–Kier alpha value is -1.31. The van der Waals surface area contributed by atoms with Crippen LogP contribution in [0.2, 0.25) is 0 Å². The molecule has 0 radical (unpaired) electrons. The number of rotatable bonds is 5. The minimum Gasteiger partial charge on any atom is -0.426 e. The molecule has 0 spiro atoms. The van der Waals surface area contributed by atoms with E-state index in [1.165, 1.54) is 5.56 Å². The first-order valence-electron chi connectivity index (χ1n) is 7.14.